The molecule has 0 unspecified atom stereocenters. The molecule has 0 saturated carbocycles. The lowest BCUT2D eigenvalue weighted by Crippen LogP contribution is -2.12. The second kappa shape index (κ2) is 5.20. The number of halogens is 3. The van der Waals surface area contributed by atoms with E-state index in [-0.39, 0.29) is 0 Å². The van der Waals surface area contributed by atoms with Crippen LogP contribution in [0.4, 0.5) is 13.2 Å². The van der Waals surface area contributed by atoms with E-state index in [1.54, 1.807) is 30.7 Å². The van der Waals surface area contributed by atoms with E-state index >= 15 is 0 Å². The normalized spacial score (nSPS) is 15.6. The maximum Gasteiger partial charge on any atom is 0.416 e. The van der Waals surface area contributed by atoms with Gasteiger partial charge < -0.3 is 0 Å². The molecule has 0 bridgehead atoms. The molecule has 0 atom stereocenters. The molecule has 0 amide bonds. The highest BCUT2D eigenvalue weighted by molar-refractivity contribution is 5.80. The predicted molar refractivity (Wildman–Crippen MR) is 73.2 cm³/mol. The zero-order chi connectivity index (χ0) is 14.9. The number of allylic oxidation sites excluding steroid dienone is 4. The number of nitrogens with zero attached hydrogens (tertiary/aromatic N) is 2. The first-order chi connectivity index (χ1) is 10.1. The molecule has 2 aromatic heterocycles. The van der Waals surface area contributed by atoms with Gasteiger partial charge in [-0.15, -0.1) is 0 Å². The molecule has 3 rings (SSSR count). The van der Waals surface area contributed by atoms with Crippen molar-refractivity contribution in [2.24, 2.45) is 0 Å². The summed E-state index contributed by atoms with van der Waals surface area (Å²) in [5, 5.41) is 6.79. The van der Waals surface area contributed by atoms with Gasteiger partial charge in [0.25, 0.3) is 0 Å². The molecule has 21 heavy (non-hydrogen) atoms. The van der Waals surface area contributed by atoms with Crippen LogP contribution in [0.3, 0.4) is 0 Å². The van der Waals surface area contributed by atoms with Crippen LogP contribution in [0, 0.1) is 0 Å². The van der Waals surface area contributed by atoms with Crippen LogP contribution in [-0.2, 0) is 0 Å². The average molecular weight is 291 g/mol. The molecule has 0 fully saturated rings. The summed E-state index contributed by atoms with van der Waals surface area (Å²) >= 11 is 0. The van der Waals surface area contributed by atoms with Crippen molar-refractivity contribution >= 4 is 5.57 Å². The summed E-state index contributed by atoms with van der Waals surface area (Å²) in [6, 6.07) is 3.61. The minimum atomic E-state index is -4.32. The first kappa shape index (κ1) is 13.6. The molecule has 1 aliphatic carbocycles. The van der Waals surface area contributed by atoms with Gasteiger partial charge in [0.1, 0.15) is 0 Å². The summed E-state index contributed by atoms with van der Waals surface area (Å²) in [6.45, 7) is 0. The highest BCUT2D eigenvalue weighted by Gasteiger charge is 2.33. The lowest BCUT2D eigenvalue weighted by atomic mass is 9.93. The molecular formula is C15H12F3N3. The average Bonchev–Trinajstić information content (AvgIpc) is 2.97. The van der Waals surface area contributed by atoms with Gasteiger partial charge in [-0.05, 0) is 42.2 Å². The highest BCUT2D eigenvalue weighted by Crippen LogP contribution is 2.37. The third kappa shape index (κ3) is 2.74. The van der Waals surface area contributed by atoms with Gasteiger partial charge in [-0.3, -0.25) is 10.1 Å². The van der Waals surface area contributed by atoms with Crippen LogP contribution in [0.1, 0.15) is 18.5 Å². The third-order valence-electron chi connectivity index (χ3n) is 3.39. The Labute approximate surface area is 119 Å². The van der Waals surface area contributed by atoms with Crippen molar-refractivity contribution in [2.75, 3.05) is 0 Å². The van der Waals surface area contributed by atoms with E-state index in [1.807, 2.05) is 0 Å². The third-order valence-corrected chi connectivity index (χ3v) is 3.39. The van der Waals surface area contributed by atoms with Crippen LogP contribution >= 0.6 is 0 Å². The van der Waals surface area contributed by atoms with Crippen molar-refractivity contribution in [1.82, 2.24) is 15.2 Å². The molecule has 0 radical (unpaired) electrons. The number of aromatic amines is 1. The zero-order valence-electron chi connectivity index (χ0n) is 11.0. The maximum absolute atomic E-state index is 12.8. The maximum atomic E-state index is 12.8. The highest BCUT2D eigenvalue weighted by atomic mass is 19.4. The number of H-pyrrole nitrogens is 1. The van der Waals surface area contributed by atoms with Crippen molar-refractivity contribution in [2.45, 2.75) is 19.0 Å². The fourth-order valence-corrected chi connectivity index (χ4v) is 2.38. The fraction of sp³-hybridized carbons (Fsp3) is 0.200. The monoisotopic (exact) mass is 291 g/mol. The van der Waals surface area contributed by atoms with Gasteiger partial charge in [0.2, 0.25) is 0 Å². The Bertz CT molecular complexity index is 696. The van der Waals surface area contributed by atoms with Crippen LogP contribution in [0.25, 0.3) is 16.7 Å². The number of hydrogen-bond donors (Lipinski definition) is 1. The molecule has 2 aromatic rings. The summed E-state index contributed by atoms with van der Waals surface area (Å²) < 4.78 is 38.5. The zero-order valence-corrected chi connectivity index (χ0v) is 11.0. The summed E-state index contributed by atoms with van der Waals surface area (Å²) in [5.41, 5.74) is 2.31. The van der Waals surface area contributed by atoms with Gasteiger partial charge >= 0.3 is 6.18 Å². The molecule has 0 aromatic carbocycles. The first-order valence-electron chi connectivity index (χ1n) is 6.48. The van der Waals surface area contributed by atoms with Crippen LogP contribution in [0.2, 0.25) is 0 Å². The lowest BCUT2D eigenvalue weighted by molar-refractivity contribution is -0.0885. The summed E-state index contributed by atoms with van der Waals surface area (Å²) in [7, 11) is 0. The lowest BCUT2D eigenvalue weighted by Gasteiger charge is -2.16. The SMILES string of the molecule is FC(F)(F)C1=CCCC(c2[nH]ncc2-c2ccncc2)=C1. The topological polar surface area (TPSA) is 41.6 Å². The van der Waals surface area contributed by atoms with Crippen molar-refractivity contribution in [3.05, 3.63) is 54.1 Å². The van der Waals surface area contributed by atoms with Crippen LogP contribution in [0.15, 0.2) is 48.4 Å². The van der Waals surface area contributed by atoms with E-state index in [9.17, 15) is 13.2 Å². The van der Waals surface area contributed by atoms with Gasteiger partial charge in [0.15, 0.2) is 0 Å². The van der Waals surface area contributed by atoms with Crippen LogP contribution in [-0.4, -0.2) is 21.4 Å². The van der Waals surface area contributed by atoms with Gasteiger partial charge in [-0.25, -0.2) is 0 Å². The van der Waals surface area contributed by atoms with E-state index < -0.39 is 11.7 Å². The van der Waals surface area contributed by atoms with Gasteiger partial charge in [0, 0.05) is 18.0 Å². The molecule has 2 heterocycles. The first-order valence-corrected chi connectivity index (χ1v) is 6.48. The minimum absolute atomic E-state index is 0.371. The van der Waals surface area contributed by atoms with Crippen molar-refractivity contribution < 1.29 is 13.2 Å². The van der Waals surface area contributed by atoms with Gasteiger partial charge in [0.05, 0.1) is 17.5 Å². The molecule has 6 heteroatoms. The molecule has 1 aliphatic rings. The van der Waals surface area contributed by atoms with Crippen molar-refractivity contribution in [3.8, 4) is 11.1 Å². The Balaban J connectivity index is 2.01. The van der Waals surface area contributed by atoms with E-state index in [0.717, 1.165) is 11.1 Å². The number of pyridine rings is 1. The minimum Gasteiger partial charge on any atom is -0.278 e. The molecule has 3 nitrogen and oxygen atoms in total. The van der Waals surface area contributed by atoms with E-state index in [1.165, 1.54) is 12.2 Å². The Morgan fingerprint density at radius 1 is 1.14 bits per heavy atom. The summed E-state index contributed by atoms with van der Waals surface area (Å²) in [5.74, 6) is 0. The molecule has 0 spiro atoms. The standard InChI is InChI=1S/C15H12F3N3/c16-15(17,18)12-3-1-2-11(8-12)14-13(9-20-21-14)10-4-6-19-7-5-10/h3-9H,1-2H2,(H,20,21). The van der Waals surface area contributed by atoms with E-state index in [2.05, 4.69) is 15.2 Å². The number of aromatic nitrogens is 3. The molecule has 1 N–H and O–H groups in total. The Hall–Kier alpha value is -2.37. The number of rotatable bonds is 2. The Morgan fingerprint density at radius 2 is 1.90 bits per heavy atom. The smallest absolute Gasteiger partial charge is 0.278 e. The largest absolute Gasteiger partial charge is 0.416 e. The van der Waals surface area contributed by atoms with Crippen LogP contribution < -0.4 is 0 Å². The summed E-state index contributed by atoms with van der Waals surface area (Å²) in [4.78, 5) is 3.94. The fourth-order valence-electron chi connectivity index (χ4n) is 2.38. The van der Waals surface area contributed by atoms with Crippen molar-refractivity contribution in [1.29, 1.82) is 0 Å². The summed E-state index contributed by atoms with van der Waals surface area (Å²) in [6.07, 6.45) is 3.94. The Morgan fingerprint density at radius 3 is 2.62 bits per heavy atom. The quantitative estimate of drug-likeness (QED) is 0.903. The number of alkyl halides is 3. The second-order valence-corrected chi connectivity index (χ2v) is 4.76. The predicted octanol–water partition coefficient (Wildman–Crippen LogP) is 4.14. The second-order valence-electron chi connectivity index (χ2n) is 4.76. The number of hydrogen-bond acceptors (Lipinski definition) is 2. The molecular weight excluding hydrogens is 279 g/mol. The van der Waals surface area contributed by atoms with Gasteiger partial charge in [-0.1, -0.05) is 6.08 Å². The number of nitrogens with one attached hydrogen (secondary N) is 1. The van der Waals surface area contributed by atoms with E-state index in [4.69, 9.17) is 0 Å². The van der Waals surface area contributed by atoms with Gasteiger partial charge in [-0.2, -0.15) is 18.3 Å². The van der Waals surface area contributed by atoms with E-state index in [0.29, 0.717) is 24.1 Å². The van der Waals surface area contributed by atoms with Crippen molar-refractivity contribution in [3.63, 3.8) is 0 Å². The molecule has 0 saturated heterocycles. The Kier molecular flexibility index (Phi) is 3.37. The molecule has 0 aliphatic heterocycles. The molecule has 108 valence electrons. The van der Waals surface area contributed by atoms with Crippen LogP contribution in [0.5, 0.6) is 0 Å².